The molecule has 78 valence electrons. The second kappa shape index (κ2) is 3.51. The molecular formula is C12H13NO2. The van der Waals surface area contributed by atoms with Crippen LogP contribution in [0.1, 0.15) is 30.3 Å². The number of carbonyl (C=O) groups is 1. The first-order valence-corrected chi connectivity index (χ1v) is 4.90. The van der Waals surface area contributed by atoms with E-state index in [4.69, 9.17) is 0 Å². The van der Waals surface area contributed by atoms with E-state index in [-0.39, 0.29) is 5.91 Å². The number of para-hydroxylation sites is 1. The zero-order chi connectivity index (χ0) is 11.0. The van der Waals surface area contributed by atoms with Crippen LogP contribution in [0.2, 0.25) is 0 Å². The monoisotopic (exact) mass is 203 g/mol. The second-order valence-corrected chi connectivity index (χ2v) is 3.67. The average molecular weight is 203 g/mol. The van der Waals surface area contributed by atoms with E-state index in [9.17, 15) is 9.90 Å². The molecule has 1 heterocycles. The molecule has 0 aliphatic carbocycles. The van der Waals surface area contributed by atoms with Gasteiger partial charge in [-0.3, -0.25) is 9.36 Å². The first-order chi connectivity index (χ1) is 7.11. The highest BCUT2D eigenvalue weighted by molar-refractivity contribution is 5.93. The number of benzene rings is 1. The number of nitrogens with zero attached hydrogens (tertiary/aromatic N) is 1. The van der Waals surface area contributed by atoms with Crippen molar-refractivity contribution in [1.29, 1.82) is 0 Å². The summed E-state index contributed by atoms with van der Waals surface area (Å²) in [6, 6.07) is 7.58. The van der Waals surface area contributed by atoms with Crippen molar-refractivity contribution in [3.8, 4) is 0 Å². The van der Waals surface area contributed by atoms with Crippen molar-refractivity contribution in [3.05, 3.63) is 36.0 Å². The zero-order valence-corrected chi connectivity index (χ0v) is 8.77. The molecule has 0 radical (unpaired) electrons. The fraction of sp³-hybridized carbons (Fsp3) is 0.250. The molecular weight excluding hydrogens is 190 g/mol. The number of aliphatic hydroxyl groups is 1. The van der Waals surface area contributed by atoms with Gasteiger partial charge in [-0.2, -0.15) is 0 Å². The summed E-state index contributed by atoms with van der Waals surface area (Å²) in [4.78, 5) is 11.4. The van der Waals surface area contributed by atoms with Crippen molar-refractivity contribution >= 4 is 16.8 Å². The van der Waals surface area contributed by atoms with Crippen LogP contribution in [0.25, 0.3) is 10.9 Å². The van der Waals surface area contributed by atoms with Crippen molar-refractivity contribution in [3.63, 3.8) is 0 Å². The van der Waals surface area contributed by atoms with Crippen molar-refractivity contribution in [2.45, 2.75) is 20.0 Å². The molecule has 2 aromatic rings. The van der Waals surface area contributed by atoms with Gasteiger partial charge in [-0.15, -0.1) is 0 Å². The number of aliphatic hydroxyl groups excluding tert-OH is 1. The number of carbonyl (C=O) groups excluding carboxylic acids is 1. The molecule has 3 heteroatoms. The van der Waals surface area contributed by atoms with E-state index in [0.717, 1.165) is 16.5 Å². The van der Waals surface area contributed by atoms with Gasteiger partial charge in [0, 0.05) is 24.1 Å². The Morgan fingerprint density at radius 1 is 1.40 bits per heavy atom. The van der Waals surface area contributed by atoms with Gasteiger partial charge in [0.15, 0.2) is 0 Å². The Hall–Kier alpha value is -1.61. The minimum atomic E-state index is -0.560. The van der Waals surface area contributed by atoms with Gasteiger partial charge < -0.3 is 5.11 Å². The third-order valence-corrected chi connectivity index (χ3v) is 2.53. The first kappa shape index (κ1) is 9.93. The van der Waals surface area contributed by atoms with Crippen LogP contribution in [-0.4, -0.2) is 15.6 Å². The van der Waals surface area contributed by atoms with Crippen molar-refractivity contribution < 1.29 is 9.90 Å². The molecule has 0 spiro atoms. The van der Waals surface area contributed by atoms with E-state index < -0.39 is 6.10 Å². The molecule has 1 N–H and O–H groups in total. The number of hydrogen-bond donors (Lipinski definition) is 1. The minimum absolute atomic E-state index is 0.0434. The zero-order valence-electron chi connectivity index (χ0n) is 8.77. The molecule has 0 amide bonds. The Morgan fingerprint density at radius 2 is 2.07 bits per heavy atom. The highest BCUT2D eigenvalue weighted by Gasteiger charge is 2.13. The number of fused-ring (bicyclic) bond motifs is 1. The SMILES string of the molecule is CC(=O)n1cc(C(C)O)c2ccccc21. The third kappa shape index (κ3) is 1.55. The van der Waals surface area contributed by atoms with Crippen LogP contribution in [0.3, 0.4) is 0 Å². The Bertz CT molecular complexity index is 511. The summed E-state index contributed by atoms with van der Waals surface area (Å²) < 4.78 is 1.57. The first-order valence-electron chi connectivity index (χ1n) is 4.90. The smallest absolute Gasteiger partial charge is 0.227 e. The van der Waals surface area contributed by atoms with Crippen LogP contribution in [0.15, 0.2) is 30.5 Å². The summed E-state index contributed by atoms with van der Waals surface area (Å²) >= 11 is 0. The third-order valence-electron chi connectivity index (χ3n) is 2.53. The lowest BCUT2D eigenvalue weighted by Crippen LogP contribution is -2.03. The van der Waals surface area contributed by atoms with Gasteiger partial charge in [0.25, 0.3) is 0 Å². The predicted octanol–water partition coefficient (Wildman–Crippen LogP) is 2.35. The van der Waals surface area contributed by atoms with Gasteiger partial charge >= 0.3 is 0 Å². The standard InChI is InChI=1S/C12H13NO2/c1-8(14)11-7-13(9(2)15)12-6-4-3-5-10(11)12/h3-8,14H,1-2H3. The molecule has 0 aliphatic rings. The van der Waals surface area contributed by atoms with E-state index in [2.05, 4.69) is 0 Å². The highest BCUT2D eigenvalue weighted by Crippen LogP contribution is 2.26. The van der Waals surface area contributed by atoms with E-state index in [1.54, 1.807) is 17.7 Å². The summed E-state index contributed by atoms with van der Waals surface area (Å²) in [6.45, 7) is 3.21. The Balaban J connectivity index is 2.79. The fourth-order valence-electron chi connectivity index (χ4n) is 1.80. The van der Waals surface area contributed by atoms with Crippen LogP contribution in [-0.2, 0) is 0 Å². The molecule has 0 saturated heterocycles. The van der Waals surface area contributed by atoms with Crippen molar-refractivity contribution in [1.82, 2.24) is 4.57 Å². The van der Waals surface area contributed by atoms with Gasteiger partial charge in [-0.25, -0.2) is 0 Å². The van der Waals surface area contributed by atoms with Crippen LogP contribution in [0.5, 0.6) is 0 Å². The molecule has 3 nitrogen and oxygen atoms in total. The van der Waals surface area contributed by atoms with Crippen LogP contribution >= 0.6 is 0 Å². The van der Waals surface area contributed by atoms with Crippen molar-refractivity contribution in [2.24, 2.45) is 0 Å². The summed E-state index contributed by atoms with van der Waals surface area (Å²) in [5, 5.41) is 10.5. The second-order valence-electron chi connectivity index (χ2n) is 3.67. The normalized spacial score (nSPS) is 13.0. The van der Waals surface area contributed by atoms with Crippen LogP contribution in [0, 0.1) is 0 Å². The van der Waals surface area contributed by atoms with E-state index in [1.165, 1.54) is 6.92 Å². The van der Waals surface area contributed by atoms with E-state index >= 15 is 0 Å². The van der Waals surface area contributed by atoms with Gasteiger partial charge in [-0.1, -0.05) is 18.2 Å². The molecule has 0 fully saturated rings. The topological polar surface area (TPSA) is 42.2 Å². The Labute approximate surface area is 87.9 Å². The van der Waals surface area contributed by atoms with Crippen LogP contribution < -0.4 is 0 Å². The molecule has 2 rings (SSSR count). The maximum Gasteiger partial charge on any atom is 0.227 e. The molecule has 1 atom stereocenters. The Morgan fingerprint density at radius 3 is 2.67 bits per heavy atom. The largest absolute Gasteiger partial charge is 0.389 e. The number of rotatable bonds is 1. The molecule has 1 unspecified atom stereocenters. The van der Waals surface area contributed by atoms with E-state index in [0.29, 0.717) is 0 Å². The van der Waals surface area contributed by atoms with Crippen LogP contribution in [0.4, 0.5) is 0 Å². The highest BCUT2D eigenvalue weighted by atomic mass is 16.3. The maximum atomic E-state index is 11.4. The molecule has 0 saturated carbocycles. The summed E-state index contributed by atoms with van der Waals surface area (Å²) in [6.07, 6.45) is 1.15. The quantitative estimate of drug-likeness (QED) is 0.773. The van der Waals surface area contributed by atoms with E-state index in [1.807, 2.05) is 24.3 Å². The minimum Gasteiger partial charge on any atom is -0.389 e. The summed E-state index contributed by atoms with van der Waals surface area (Å²) in [7, 11) is 0. The lowest BCUT2D eigenvalue weighted by Gasteiger charge is -1.99. The fourth-order valence-corrected chi connectivity index (χ4v) is 1.80. The van der Waals surface area contributed by atoms with Crippen molar-refractivity contribution in [2.75, 3.05) is 0 Å². The molecule has 0 bridgehead atoms. The molecule has 15 heavy (non-hydrogen) atoms. The lowest BCUT2D eigenvalue weighted by atomic mass is 10.1. The lowest BCUT2D eigenvalue weighted by molar-refractivity contribution is 0.0941. The van der Waals surface area contributed by atoms with Gasteiger partial charge in [0.2, 0.25) is 5.91 Å². The molecule has 0 aliphatic heterocycles. The summed E-state index contributed by atoms with van der Waals surface area (Å²) in [5.74, 6) is -0.0434. The van der Waals surface area contributed by atoms with Gasteiger partial charge in [0.05, 0.1) is 11.6 Å². The van der Waals surface area contributed by atoms with Gasteiger partial charge in [0.1, 0.15) is 0 Å². The van der Waals surface area contributed by atoms with Gasteiger partial charge in [-0.05, 0) is 13.0 Å². The summed E-state index contributed by atoms with van der Waals surface area (Å²) in [5.41, 5.74) is 1.64. The maximum absolute atomic E-state index is 11.4. The Kier molecular flexibility index (Phi) is 2.32. The average Bonchev–Trinajstić information content (AvgIpc) is 2.56. The number of aromatic nitrogens is 1. The predicted molar refractivity (Wildman–Crippen MR) is 58.9 cm³/mol. The molecule has 1 aromatic heterocycles. The number of hydrogen-bond acceptors (Lipinski definition) is 2. The molecule has 1 aromatic carbocycles.